The smallest absolute Gasteiger partial charge is 0.315 e. The van der Waals surface area contributed by atoms with Crippen molar-refractivity contribution in [2.45, 2.75) is 50.0 Å². The van der Waals surface area contributed by atoms with Gasteiger partial charge in [0, 0.05) is 36.2 Å². The number of amides is 2. The predicted octanol–water partition coefficient (Wildman–Crippen LogP) is 2.89. The van der Waals surface area contributed by atoms with Gasteiger partial charge in [-0.3, -0.25) is 0 Å². The molecule has 142 valence electrons. The number of benzene rings is 1. The van der Waals surface area contributed by atoms with Crippen LogP contribution in [0.3, 0.4) is 0 Å². The monoisotopic (exact) mass is 377 g/mol. The average Bonchev–Trinajstić information content (AvgIpc) is 2.87. The molecule has 2 N–H and O–H groups in total. The first-order valence-electron chi connectivity index (χ1n) is 9.21. The van der Waals surface area contributed by atoms with Crippen molar-refractivity contribution >= 4 is 26.8 Å². The molecular weight excluding hydrogens is 350 g/mol. The van der Waals surface area contributed by atoms with E-state index >= 15 is 0 Å². The summed E-state index contributed by atoms with van der Waals surface area (Å²) in [6.45, 7) is 1.92. The maximum absolute atomic E-state index is 12.9. The lowest BCUT2D eigenvalue weighted by Crippen LogP contribution is -2.44. The molecular formula is C19H27N3O3S. The van der Waals surface area contributed by atoms with E-state index in [9.17, 15) is 13.2 Å². The minimum Gasteiger partial charge on any atom is -0.347 e. The van der Waals surface area contributed by atoms with Gasteiger partial charge in [-0.1, -0.05) is 37.5 Å². The first-order chi connectivity index (χ1) is 12.4. The number of carbonyl (C=O) groups excluding carboxylic acids is 1. The van der Waals surface area contributed by atoms with Crippen molar-refractivity contribution < 1.29 is 13.2 Å². The Bertz CT molecular complexity index is 896. The lowest BCUT2D eigenvalue weighted by Gasteiger charge is -2.22. The van der Waals surface area contributed by atoms with E-state index < -0.39 is 9.84 Å². The lowest BCUT2D eigenvalue weighted by atomic mass is 9.96. The Morgan fingerprint density at radius 3 is 2.62 bits per heavy atom. The zero-order valence-electron chi connectivity index (χ0n) is 15.4. The summed E-state index contributed by atoms with van der Waals surface area (Å²) in [6.07, 6.45) is 5.50. The molecule has 1 aliphatic rings. The molecule has 26 heavy (non-hydrogen) atoms. The van der Waals surface area contributed by atoms with Gasteiger partial charge in [-0.25, -0.2) is 13.2 Å². The summed E-state index contributed by atoms with van der Waals surface area (Å²) in [7, 11) is -1.62. The number of fused-ring (bicyclic) bond motifs is 1. The van der Waals surface area contributed by atoms with Crippen molar-refractivity contribution in [1.82, 2.24) is 15.2 Å². The highest BCUT2D eigenvalue weighted by molar-refractivity contribution is 7.91. The molecule has 3 rings (SSSR count). The molecule has 1 fully saturated rings. The maximum atomic E-state index is 12.9. The van der Waals surface area contributed by atoms with E-state index in [0.29, 0.717) is 4.90 Å². The largest absolute Gasteiger partial charge is 0.347 e. The molecule has 0 bridgehead atoms. The minimum atomic E-state index is -3.49. The van der Waals surface area contributed by atoms with Gasteiger partial charge in [-0.15, -0.1) is 0 Å². The fraction of sp³-hybridized carbons (Fsp3) is 0.526. The van der Waals surface area contributed by atoms with Crippen LogP contribution in [-0.2, 0) is 16.9 Å². The third kappa shape index (κ3) is 3.87. The standard InChI is InChI=1S/C19H27N3O3S/c1-14-18(16-10-6-7-11-17(16)22(14)2)26(24,25)13-12-20-19(23)21-15-8-4-3-5-9-15/h6-7,10-11,15H,3-5,8-9,12-13H2,1-2H3,(H2,20,21,23). The number of urea groups is 1. The van der Waals surface area contributed by atoms with Crippen molar-refractivity contribution in [3.63, 3.8) is 0 Å². The second-order valence-electron chi connectivity index (χ2n) is 7.04. The van der Waals surface area contributed by atoms with Crippen molar-refractivity contribution in [3.05, 3.63) is 30.0 Å². The van der Waals surface area contributed by atoms with Gasteiger partial charge in [0.1, 0.15) is 0 Å². The summed E-state index contributed by atoms with van der Waals surface area (Å²) in [5.41, 5.74) is 1.62. The van der Waals surface area contributed by atoms with Crippen LogP contribution in [0.2, 0.25) is 0 Å². The van der Waals surface area contributed by atoms with Crippen molar-refractivity contribution in [1.29, 1.82) is 0 Å². The van der Waals surface area contributed by atoms with Gasteiger partial charge in [0.05, 0.1) is 10.6 Å². The number of carbonyl (C=O) groups is 1. The molecule has 0 saturated heterocycles. The third-order valence-electron chi connectivity index (χ3n) is 5.25. The molecule has 6 nitrogen and oxygen atoms in total. The molecule has 1 heterocycles. The summed E-state index contributed by atoms with van der Waals surface area (Å²) in [4.78, 5) is 12.4. The van der Waals surface area contributed by atoms with Gasteiger partial charge in [0.2, 0.25) is 0 Å². The normalized spacial score (nSPS) is 15.9. The molecule has 0 radical (unpaired) electrons. The second-order valence-corrected chi connectivity index (χ2v) is 9.09. The van der Waals surface area contributed by atoms with Gasteiger partial charge < -0.3 is 15.2 Å². The van der Waals surface area contributed by atoms with E-state index in [1.54, 1.807) is 0 Å². The van der Waals surface area contributed by atoms with Crippen molar-refractivity contribution in [2.24, 2.45) is 7.05 Å². The van der Waals surface area contributed by atoms with Crippen LogP contribution < -0.4 is 10.6 Å². The maximum Gasteiger partial charge on any atom is 0.315 e. The highest BCUT2D eigenvalue weighted by atomic mass is 32.2. The number of nitrogens with zero attached hydrogens (tertiary/aromatic N) is 1. The number of aryl methyl sites for hydroxylation is 1. The summed E-state index contributed by atoms with van der Waals surface area (Å²) >= 11 is 0. The Hall–Kier alpha value is -2.02. The zero-order valence-corrected chi connectivity index (χ0v) is 16.2. The average molecular weight is 378 g/mol. The minimum absolute atomic E-state index is 0.101. The summed E-state index contributed by atoms with van der Waals surface area (Å²) in [5.74, 6) is -0.111. The van der Waals surface area contributed by atoms with E-state index in [1.165, 1.54) is 6.42 Å². The summed E-state index contributed by atoms with van der Waals surface area (Å²) in [6, 6.07) is 7.42. The lowest BCUT2D eigenvalue weighted by molar-refractivity contribution is 0.233. The first-order valence-corrected chi connectivity index (χ1v) is 10.9. The molecule has 0 atom stereocenters. The Balaban J connectivity index is 1.64. The molecule has 0 aliphatic heterocycles. The highest BCUT2D eigenvalue weighted by Gasteiger charge is 2.24. The number of hydrogen-bond donors (Lipinski definition) is 2. The number of aromatic nitrogens is 1. The number of rotatable bonds is 5. The van der Waals surface area contributed by atoms with Crippen LogP contribution in [-0.4, -0.2) is 37.4 Å². The first kappa shape index (κ1) is 18.8. The van der Waals surface area contributed by atoms with E-state index in [1.807, 2.05) is 42.8 Å². The zero-order chi connectivity index (χ0) is 18.7. The summed E-state index contributed by atoms with van der Waals surface area (Å²) in [5, 5.41) is 6.37. The molecule has 1 aromatic heterocycles. The molecule has 1 aliphatic carbocycles. The second kappa shape index (κ2) is 7.70. The molecule has 7 heteroatoms. The number of hydrogen-bond acceptors (Lipinski definition) is 3. The molecule has 1 aromatic carbocycles. The predicted molar refractivity (Wildman–Crippen MR) is 103 cm³/mol. The van der Waals surface area contributed by atoms with Crippen LogP contribution in [0.25, 0.3) is 10.9 Å². The van der Waals surface area contributed by atoms with Crippen LogP contribution in [0.1, 0.15) is 37.8 Å². The van der Waals surface area contributed by atoms with Gasteiger partial charge >= 0.3 is 6.03 Å². The van der Waals surface area contributed by atoms with Crippen molar-refractivity contribution in [2.75, 3.05) is 12.3 Å². The van der Waals surface area contributed by atoms with Gasteiger partial charge in [0.25, 0.3) is 0 Å². The van der Waals surface area contributed by atoms with Crippen LogP contribution in [0.15, 0.2) is 29.2 Å². The number of para-hydroxylation sites is 1. The van der Waals surface area contributed by atoms with E-state index in [2.05, 4.69) is 10.6 Å². The Morgan fingerprint density at radius 1 is 1.19 bits per heavy atom. The van der Waals surface area contributed by atoms with Crippen LogP contribution >= 0.6 is 0 Å². The number of nitrogens with one attached hydrogen (secondary N) is 2. The Morgan fingerprint density at radius 2 is 1.88 bits per heavy atom. The highest BCUT2D eigenvalue weighted by Crippen LogP contribution is 2.29. The quantitative estimate of drug-likeness (QED) is 0.841. The SMILES string of the molecule is Cc1c(S(=O)(=O)CCNC(=O)NC2CCCCC2)c2ccccc2n1C. The molecule has 0 spiro atoms. The Kier molecular flexibility index (Phi) is 5.55. The fourth-order valence-corrected chi connectivity index (χ4v) is 5.43. The topological polar surface area (TPSA) is 80.2 Å². The third-order valence-corrected chi connectivity index (χ3v) is 7.13. The van der Waals surface area contributed by atoms with Crippen LogP contribution in [0, 0.1) is 6.92 Å². The number of sulfone groups is 1. The molecule has 0 unspecified atom stereocenters. The molecule has 1 saturated carbocycles. The van der Waals surface area contributed by atoms with Crippen LogP contribution in [0.5, 0.6) is 0 Å². The van der Waals surface area contributed by atoms with Crippen LogP contribution in [0.4, 0.5) is 4.79 Å². The van der Waals surface area contributed by atoms with Gasteiger partial charge in [-0.2, -0.15) is 0 Å². The Labute approximate surface area is 154 Å². The van der Waals surface area contributed by atoms with Gasteiger partial charge in [0.15, 0.2) is 9.84 Å². The van der Waals surface area contributed by atoms with E-state index in [0.717, 1.165) is 42.3 Å². The molecule has 2 aromatic rings. The van der Waals surface area contributed by atoms with E-state index in [4.69, 9.17) is 0 Å². The molecule has 2 amide bonds. The van der Waals surface area contributed by atoms with E-state index in [-0.39, 0.29) is 24.4 Å². The summed E-state index contributed by atoms with van der Waals surface area (Å²) < 4.78 is 27.6. The fourth-order valence-electron chi connectivity index (χ4n) is 3.76. The van der Waals surface area contributed by atoms with Gasteiger partial charge in [-0.05, 0) is 25.8 Å². The van der Waals surface area contributed by atoms with Crippen molar-refractivity contribution in [3.8, 4) is 0 Å².